The summed E-state index contributed by atoms with van der Waals surface area (Å²) in [4.78, 5) is 13.5. The van der Waals surface area contributed by atoms with Crippen LogP contribution in [-0.4, -0.2) is 22.3 Å². The second-order valence-electron chi connectivity index (χ2n) is 4.12. The second-order valence-corrected chi connectivity index (χ2v) is 4.96. The van der Waals surface area contributed by atoms with Crippen molar-refractivity contribution in [2.24, 2.45) is 5.16 Å². The van der Waals surface area contributed by atoms with Crippen molar-refractivity contribution >= 4 is 28.9 Å². The summed E-state index contributed by atoms with van der Waals surface area (Å²) in [5.74, 6) is 0. The van der Waals surface area contributed by atoms with Gasteiger partial charge in [0.1, 0.15) is 6.61 Å². The number of aromatic nitrogens is 2. The smallest absolute Gasteiger partial charge is 0.135 e. The average molecular weight is 322 g/mol. The highest BCUT2D eigenvalue weighted by atomic mass is 35.5. The molecular formula is C15H13Cl2N3O. The first kappa shape index (κ1) is 15.5. The van der Waals surface area contributed by atoms with E-state index in [4.69, 9.17) is 28.0 Å². The molecule has 0 unspecified atom stereocenters. The minimum Gasteiger partial charge on any atom is -0.391 e. The lowest BCUT2D eigenvalue weighted by atomic mass is 10.1. The molecule has 0 aliphatic heterocycles. The molecule has 6 heteroatoms. The van der Waals surface area contributed by atoms with Crippen molar-refractivity contribution < 1.29 is 4.84 Å². The molecule has 0 aliphatic carbocycles. The Hall–Kier alpha value is -1.91. The highest BCUT2D eigenvalue weighted by Crippen LogP contribution is 2.22. The van der Waals surface area contributed by atoms with E-state index in [2.05, 4.69) is 21.7 Å². The molecule has 108 valence electrons. The first-order valence-corrected chi connectivity index (χ1v) is 6.96. The Morgan fingerprint density at radius 1 is 1.33 bits per heavy atom. The van der Waals surface area contributed by atoms with Gasteiger partial charge in [0.15, 0.2) is 0 Å². The summed E-state index contributed by atoms with van der Waals surface area (Å²) in [7, 11) is 0. The quantitative estimate of drug-likeness (QED) is 0.350. The van der Waals surface area contributed by atoms with E-state index >= 15 is 0 Å². The summed E-state index contributed by atoms with van der Waals surface area (Å²) < 4.78 is 0. The average Bonchev–Trinajstić information content (AvgIpc) is 2.48. The molecule has 0 atom stereocenters. The van der Waals surface area contributed by atoms with Crippen molar-refractivity contribution in [1.29, 1.82) is 0 Å². The van der Waals surface area contributed by atoms with E-state index in [1.54, 1.807) is 42.9 Å². The molecule has 1 aromatic carbocycles. The van der Waals surface area contributed by atoms with Gasteiger partial charge >= 0.3 is 0 Å². The van der Waals surface area contributed by atoms with Gasteiger partial charge in [-0.15, -0.1) is 0 Å². The number of hydrogen-bond donors (Lipinski definition) is 0. The van der Waals surface area contributed by atoms with Crippen molar-refractivity contribution in [2.45, 2.75) is 6.42 Å². The molecule has 0 aliphatic rings. The van der Waals surface area contributed by atoms with Gasteiger partial charge in [-0.25, -0.2) is 0 Å². The molecular weight excluding hydrogens is 309 g/mol. The number of halogens is 2. The van der Waals surface area contributed by atoms with Crippen LogP contribution in [0.25, 0.3) is 0 Å². The summed E-state index contributed by atoms with van der Waals surface area (Å²) in [5.41, 5.74) is 2.17. The monoisotopic (exact) mass is 321 g/mol. The summed E-state index contributed by atoms with van der Waals surface area (Å²) in [6, 6.07) is 5.22. The molecule has 4 nitrogen and oxygen atoms in total. The van der Waals surface area contributed by atoms with Gasteiger partial charge in [-0.3, -0.25) is 9.97 Å². The zero-order valence-corrected chi connectivity index (χ0v) is 12.7. The van der Waals surface area contributed by atoms with Gasteiger partial charge < -0.3 is 4.84 Å². The van der Waals surface area contributed by atoms with E-state index < -0.39 is 0 Å². The summed E-state index contributed by atoms with van der Waals surface area (Å²) >= 11 is 12.1. The number of rotatable bonds is 6. The molecule has 2 aromatic rings. The van der Waals surface area contributed by atoms with E-state index in [-0.39, 0.29) is 0 Å². The van der Waals surface area contributed by atoms with E-state index in [0.717, 1.165) is 11.3 Å². The van der Waals surface area contributed by atoms with Crippen molar-refractivity contribution in [3.8, 4) is 0 Å². The molecule has 2 rings (SSSR count). The first-order valence-electron chi connectivity index (χ1n) is 6.20. The van der Waals surface area contributed by atoms with Crippen LogP contribution in [0.4, 0.5) is 0 Å². The lowest BCUT2D eigenvalue weighted by molar-refractivity contribution is 0.174. The minimum absolute atomic E-state index is 0.315. The number of nitrogens with zero attached hydrogens (tertiary/aromatic N) is 3. The maximum atomic E-state index is 6.23. The molecule has 0 spiro atoms. The largest absolute Gasteiger partial charge is 0.391 e. The van der Waals surface area contributed by atoms with Crippen molar-refractivity contribution in [2.75, 3.05) is 6.61 Å². The highest BCUT2D eigenvalue weighted by Gasteiger charge is 2.12. The fraction of sp³-hybridized carbons (Fsp3) is 0.133. The molecule has 0 fully saturated rings. The molecule has 0 radical (unpaired) electrons. The number of benzene rings is 1. The van der Waals surface area contributed by atoms with E-state index in [0.29, 0.717) is 28.8 Å². The van der Waals surface area contributed by atoms with Gasteiger partial charge in [0.05, 0.1) is 16.4 Å². The van der Waals surface area contributed by atoms with Crippen molar-refractivity contribution in [3.05, 3.63) is 70.7 Å². The van der Waals surface area contributed by atoms with Crippen LogP contribution in [0.3, 0.4) is 0 Å². The molecule has 0 bridgehead atoms. The third-order valence-electron chi connectivity index (χ3n) is 2.57. The zero-order chi connectivity index (χ0) is 15.1. The molecule has 0 N–H and O–H groups in total. The van der Waals surface area contributed by atoms with Crippen molar-refractivity contribution in [3.63, 3.8) is 0 Å². The van der Waals surface area contributed by atoms with Crippen LogP contribution >= 0.6 is 23.2 Å². The molecule has 0 saturated carbocycles. The number of oxime groups is 1. The van der Waals surface area contributed by atoms with Crippen LogP contribution in [-0.2, 0) is 11.3 Å². The molecule has 0 amide bonds. The second kappa shape index (κ2) is 7.76. The van der Waals surface area contributed by atoms with Crippen LogP contribution < -0.4 is 0 Å². The third kappa shape index (κ3) is 4.55. The lowest BCUT2D eigenvalue weighted by Gasteiger charge is -2.08. The highest BCUT2D eigenvalue weighted by molar-refractivity contribution is 6.37. The fourth-order valence-corrected chi connectivity index (χ4v) is 2.18. The van der Waals surface area contributed by atoms with Crippen LogP contribution in [0.2, 0.25) is 10.0 Å². The summed E-state index contributed by atoms with van der Waals surface area (Å²) in [6.45, 7) is 3.90. The maximum absolute atomic E-state index is 6.23. The topological polar surface area (TPSA) is 47.4 Å². The van der Waals surface area contributed by atoms with E-state index in [1.165, 1.54) is 0 Å². The first-order chi connectivity index (χ1) is 10.2. The van der Waals surface area contributed by atoms with Gasteiger partial charge in [0, 0.05) is 35.6 Å². The Morgan fingerprint density at radius 2 is 2.19 bits per heavy atom. The SMILES string of the molecule is C=CCON=C(Cc1cnccn1)c1ccc(Cl)cc1Cl. The lowest BCUT2D eigenvalue weighted by Crippen LogP contribution is -2.09. The Kier molecular flexibility index (Phi) is 5.72. The van der Waals surface area contributed by atoms with Crippen LogP contribution in [0.1, 0.15) is 11.3 Å². The zero-order valence-electron chi connectivity index (χ0n) is 11.2. The normalized spacial score (nSPS) is 11.2. The van der Waals surface area contributed by atoms with Gasteiger partial charge in [0.25, 0.3) is 0 Å². The fourth-order valence-electron chi connectivity index (χ4n) is 1.66. The Balaban J connectivity index is 2.31. The van der Waals surface area contributed by atoms with Crippen LogP contribution in [0.5, 0.6) is 0 Å². The van der Waals surface area contributed by atoms with E-state index in [9.17, 15) is 0 Å². The third-order valence-corrected chi connectivity index (χ3v) is 3.12. The number of hydrogen-bond acceptors (Lipinski definition) is 4. The van der Waals surface area contributed by atoms with Gasteiger partial charge in [-0.2, -0.15) is 0 Å². The Labute approximate surface area is 133 Å². The standard InChI is InChI=1S/C15H13Cl2N3O/c1-2-7-21-20-15(9-12-10-18-5-6-19-12)13-4-3-11(16)8-14(13)17/h2-6,8,10H,1,7,9H2. The Bertz CT molecular complexity index is 645. The van der Waals surface area contributed by atoms with Crippen molar-refractivity contribution in [1.82, 2.24) is 9.97 Å². The van der Waals surface area contributed by atoms with Gasteiger partial charge in [-0.05, 0) is 12.1 Å². The minimum atomic E-state index is 0.315. The predicted molar refractivity (Wildman–Crippen MR) is 84.9 cm³/mol. The van der Waals surface area contributed by atoms with Gasteiger partial charge in [0.2, 0.25) is 0 Å². The molecule has 1 heterocycles. The molecule has 1 aromatic heterocycles. The molecule has 0 saturated heterocycles. The maximum Gasteiger partial charge on any atom is 0.135 e. The predicted octanol–water partition coefficient (Wildman–Crippen LogP) is 3.93. The molecule has 21 heavy (non-hydrogen) atoms. The van der Waals surface area contributed by atoms with Gasteiger partial charge in [-0.1, -0.05) is 47.1 Å². The summed E-state index contributed by atoms with van der Waals surface area (Å²) in [5, 5.41) is 5.19. The van der Waals surface area contributed by atoms with E-state index in [1.807, 2.05) is 0 Å². The Morgan fingerprint density at radius 3 is 2.86 bits per heavy atom. The van der Waals surface area contributed by atoms with Crippen LogP contribution in [0, 0.1) is 0 Å². The van der Waals surface area contributed by atoms with Crippen LogP contribution in [0.15, 0.2) is 54.6 Å². The summed E-state index contributed by atoms with van der Waals surface area (Å²) in [6.07, 6.45) is 6.98.